The fraction of sp³-hybridized carbons (Fsp3) is 0.600. The van der Waals surface area contributed by atoms with E-state index in [4.69, 9.17) is 4.74 Å². The van der Waals surface area contributed by atoms with Crippen molar-refractivity contribution >= 4 is 5.91 Å². The lowest BCUT2D eigenvalue weighted by Gasteiger charge is -2.48. The number of benzene rings is 1. The monoisotopic (exact) mass is 506 g/mol. The minimum atomic E-state index is -0.295. The Balaban J connectivity index is 1.18. The second-order valence-corrected chi connectivity index (χ2v) is 11.1. The van der Waals surface area contributed by atoms with Crippen molar-refractivity contribution in [3.63, 3.8) is 0 Å². The van der Waals surface area contributed by atoms with Gasteiger partial charge < -0.3 is 15.0 Å². The lowest BCUT2D eigenvalue weighted by Crippen LogP contribution is -2.59. The average molecular weight is 507 g/mol. The molecule has 0 spiro atoms. The van der Waals surface area contributed by atoms with E-state index in [1.165, 1.54) is 31.2 Å². The fourth-order valence-electron chi connectivity index (χ4n) is 6.59. The maximum atomic E-state index is 13.1. The molecule has 1 amide bonds. The number of nitrogens with zero attached hydrogens (tertiary/aromatic N) is 2. The maximum Gasteiger partial charge on any atom is 0.261 e. The van der Waals surface area contributed by atoms with E-state index in [9.17, 15) is 9.59 Å². The molecule has 200 valence electrons. The summed E-state index contributed by atoms with van der Waals surface area (Å²) in [5, 5.41) is 3.13. The molecule has 0 unspecified atom stereocenters. The van der Waals surface area contributed by atoms with Gasteiger partial charge in [0.05, 0.1) is 13.2 Å². The largest absolute Gasteiger partial charge is 0.379 e. The lowest BCUT2D eigenvalue weighted by atomic mass is 9.79. The topological polar surface area (TPSA) is 77.7 Å². The highest BCUT2D eigenvalue weighted by molar-refractivity contribution is 5.93. The standard InChI is InChI=1S/C30H42N4O3/c35-28(31-23-30(14-5-2-6-15-30)34-18-20-37-21-19-34)27-12-11-26(32-29(27)36)22-33-16-7-10-25(13-17-33)24-8-3-1-4-9-24/h1,3-4,8-9,11-12,25H,2,5-7,10,13-23H2,(H,31,35)(H,32,36)/t25-/m0/s1. The van der Waals surface area contributed by atoms with Crippen LogP contribution in [-0.2, 0) is 11.3 Å². The van der Waals surface area contributed by atoms with E-state index in [2.05, 4.69) is 50.4 Å². The molecule has 7 nitrogen and oxygen atoms in total. The van der Waals surface area contributed by atoms with Gasteiger partial charge in [0.15, 0.2) is 0 Å². The summed E-state index contributed by atoms with van der Waals surface area (Å²) in [6.07, 6.45) is 9.27. The molecule has 1 saturated carbocycles. The summed E-state index contributed by atoms with van der Waals surface area (Å²) in [6.45, 7) is 6.65. The molecule has 0 bridgehead atoms. The van der Waals surface area contributed by atoms with Crippen LogP contribution in [0, 0.1) is 0 Å². The van der Waals surface area contributed by atoms with Crippen LogP contribution in [0.3, 0.4) is 0 Å². The van der Waals surface area contributed by atoms with Crippen LogP contribution in [0.1, 0.15) is 78.9 Å². The summed E-state index contributed by atoms with van der Waals surface area (Å²) in [7, 11) is 0. The third-order valence-electron chi connectivity index (χ3n) is 8.74. The smallest absolute Gasteiger partial charge is 0.261 e. The molecule has 3 fully saturated rings. The quantitative estimate of drug-likeness (QED) is 0.596. The van der Waals surface area contributed by atoms with E-state index < -0.39 is 0 Å². The van der Waals surface area contributed by atoms with E-state index in [1.807, 2.05) is 6.07 Å². The van der Waals surface area contributed by atoms with Gasteiger partial charge in [0.2, 0.25) is 0 Å². The Morgan fingerprint density at radius 1 is 0.946 bits per heavy atom. The number of nitrogens with one attached hydrogen (secondary N) is 2. The van der Waals surface area contributed by atoms with Crippen LogP contribution in [0.2, 0.25) is 0 Å². The minimum Gasteiger partial charge on any atom is -0.379 e. The first-order valence-corrected chi connectivity index (χ1v) is 14.2. The predicted octanol–water partition coefficient (Wildman–Crippen LogP) is 3.91. The number of H-pyrrole nitrogens is 1. The molecule has 2 aromatic rings. The Morgan fingerprint density at radius 2 is 1.73 bits per heavy atom. The van der Waals surface area contributed by atoms with Gasteiger partial charge in [0.25, 0.3) is 11.5 Å². The normalized spacial score (nSPS) is 23.3. The van der Waals surface area contributed by atoms with E-state index >= 15 is 0 Å². The number of carbonyl (C=O) groups excluding carboxylic acids is 1. The van der Waals surface area contributed by atoms with Crippen molar-refractivity contribution in [1.29, 1.82) is 0 Å². The number of hydrogen-bond donors (Lipinski definition) is 2. The van der Waals surface area contributed by atoms with E-state index in [0.29, 0.717) is 19.0 Å². The molecule has 1 aromatic heterocycles. The van der Waals surface area contributed by atoms with Crippen molar-refractivity contribution in [3.05, 3.63) is 69.6 Å². The van der Waals surface area contributed by atoms with Crippen LogP contribution < -0.4 is 10.9 Å². The Bertz CT molecular complexity index is 1070. The Morgan fingerprint density at radius 3 is 2.49 bits per heavy atom. The van der Waals surface area contributed by atoms with Gasteiger partial charge in [0, 0.05) is 37.4 Å². The zero-order valence-electron chi connectivity index (χ0n) is 22.1. The van der Waals surface area contributed by atoms with Gasteiger partial charge in [0.1, 0.15) is 5.56 Å². The molecule has 2 N–H and O–H groups in total. The lowest BCUT2D eigenvalue weighted by molar-refractivity contribution is -0.0361. The van der Waals surface area contributed by atoms with Crippen molar-refractivity contribution in [2.75, 3.05) is 45.9 Å². The average Bonchev–Trinajstić information content (AvgIpc) is 3.19. The second-order valence-electron chi connectivity index (χ2n) is 11.1. The fourth-order valence-corrected chi connectivity index (χ4v) is 6.59. The third kappa shape index (κ3) is 6.51. The molecule has 1 atom stereocenters. The number of pyridine rings is 1. The van der Waals surface area contributed by atoms with Gasteiger partial charge in [-0.25, -0.2) is 0 Å². The van der Waals surface area contributed by atoms with E-state index in [-0.39, 0.29) is 22.6 Å². The summed E-state index contributed by atoms with van der Waals surface area (Å²) in [5.74, 6) is 0.327. The first-order chi connectivity index (χ1) is 18.1. The van der Waals surface area contributed by atoms with Crippen molar-refractivity contribution in [1.82, 2.24) is 20.1 Å². The highest BCUT2D eigenvalue weighted by Crippen LogP contribution is 2.34. The highest BCUT2D eigenvalue weighted by atomic mass is 16.5. The molecular formula is C30H42N4O3. The first-order valence-electron chi connectivity index (χ1n) is 14.2. The zero-order valence-corrected chi connectivity index (χ0v) is 22.1. The number of ether oxygens (including phenoxy) is 1. The Hall–Kier alpha value is -2.48. The molecule has 1 aliphatic carbocycles. The number of likely N-dealkylation sites (tertiary alicyclic amines) is 1. The van der Waals surface area contributed by atoms with Gasteiger partial charge in [-0.3, -0.25) is 19.4 Å². The molecular weight excluding hydrogens is 464 g/mol. The van der Waals surface area contributed by atoms with Crippen molar-refractivity contribution < 1.29 is 9.53 Å². The molecule has 5 rings (SSSR count). The van der Waals surface area contributed by atoms with Gasteiger partial charge in [-0.05, 0) is 68.8 Å². The number of amides is 1. The summed E-state index contributed by atoms with van der Waals surface area (Å²) in [5.41, 5.74) is 2.19. The predicted molar refractivity (Wildman–Crippen MR) is 146 cm³/mol. The molecule has 1 aromatic carbocycles. The van der Waals surface area contributed by atoms with Crippen LogP contribution in [-0.4, -0.2) is 72.2 Å². The van der Waals surface area contributed by atoms with Gasteiger partial charge >= 0.3 is 0 Å². The number of carbonyl (C=O) groups is 1. The van der Waals surface area contributed by atoms with Crippen molar-refractivity contribution in [2.45, 2.75) is 69.4 Å². The zero-order chi connectivity index (χ0) is 25.5. The minimum absolute atomic E-state index is 0.0191. The Labute approximate surface area is 220 Å². The summed E-state index contributed by atoms with van der Waals surface area (Å²) in [4.78, 5) is 33.9. The number of hydrogen-bond acceptors (Lipinski definition) is 5. The summed E-state index contributed by atoms with van der Waals surface area (Å²) >= 11 is 0. The summed E-state index contributed by atoms with van der Waals surface area (Å²) < 4.78 is 5.57. The molecule has 7 heteroatoms. The van der Waals surface area contributed by atoms with Crippen molar-refractivity contribution in [3.8, 4) is 0 Å². The van der Waals surface area contributed by atoms with Gasteiger partial charge in [-0.15, -0.1) is 0 Å². The summed E-state index contributed by atoms with van der Waals surface area (Å²) in [6, 6.07) is 14.4. The van der Waals surface area contributed by atoms with Gasteiger partial charge in [-0.1, -0.05) is 49.6 Å². The van der Waals surface area contributed by atoms with Crippen LogP contribution in [0.4, 0.5) is 0 Å². The highest BCUT2D eigenvalue weighted by Gasteiger charge is 2.39. The molecule has 37 heavy (non-hydrogen) atoms. The van der Waals surface area contributed by atoms with Crippen LogP contribution in [0.15, 0.2) is 47.3 Å². The number of aromatic nitrogens is 1. The van der Waals surface area contributed by atoms with Gasteiger partial charge in [-0.2, -0.15) is 0 Å². The van der Waals surface area contributed by atoms with Crippen LogP contribution >= 0.6 is 0 Å². The SMILES string of the molecule is O=C(NCC1(N2CCOCC2)CCCCC1)c1ccc(CN2CCC[C@H](c3ccccc3)CC2)[nH]c1=O. The second kappa shape index (κ2) is 12.4. The molecule has 2 aliphatic heterocycles. The van der Waals surface area contributed by atoms with Crippen LogP contribution in [0.5, 0.6) is 0 Å². The third-order valence-corrected chi connectivity index (χ3v) is 8.74. The number of aromatic amines is 1. The van der Waals surface area contributed by atoms with E-state index in [0.717, 1.165) is 70.8 Å². The molecule has 3 heterocycles. The van der Waals surface area contributed by atoms with Crippen LogP contribution in [0.25, 0.3) is 0 Å². The van der Waals surface area contributed by atoms with Crippen molar-refractivity contribution in [2.24, 2.45) is 0 Å². The maximum absolute atomic E-state index is 13.1. The molecule has 0 radical (unpaired) electrons. The first kappa shape index (κ1) is 26.1. The molecule has 3 aliphatic rings. The molecule has 2 saturated heterocycles. The Kier molecular flexibility index (Phi) is 8.74. The number of rotatable bonds is 7. The number of morpholine rings is 1. The van der Waals surface area contributed by atoms with E-state index in [1.54, 1.807) is 6.07 Å².